The minimum Gasteiger partial charge on any atom is -0.322 e. The summed E-state index contributed by atoms with van der Waals surface area (Å²) in [4.78, 5) is 28.5. The zero-order valence-electron chi connectivity index (χ0n) is 15.2. The summed E-state index contributed by atoms with van der Waals surface area (Å²) < 4.78 is 0. The van der Waals surface area contributed by atoms with Gasteiger partial charge in [0, 0.05) is 12.2 Å². The van der Waals surface area contributed by atoms with E-state index in [4.69, 9.17) is 23.2 Å². The van der Waals surface area contributed by atoms with Crippen LogP contribution >= 0.6 is 23.2 Å². The topological polar surface area (TPSA) is 52.7 Å². The number of halogens is 2. The third-order valence-electron chi connectivity index (χ3n) is 4.16. The van der Waals surface area contributed by atoms with Crippen molar-refractivity contribution in [2.75, 3.05) is 32.0 Å². The highest BCUT2D eigenvalue weighted by Crippen LogP contribution is 2.29. The third kappa shape index (κ3) is 5.73. The second kappa shape index (κ2) is 9.95. The van der Waals surface area contributed by atoms with Gasteiger partial charge in [0.15, 0.2) is 0 Å². The van der Waals surface area contributed by atoms with Gasteiger partial charge in [0.05, 0.1) is 28.8 Å². The summed E-state index contributed by atoms with van der Waals surface area (Å²) in [5.74, 6) is -0.247. The molecule has 0 spiro atoms. The molecule has 7 heteroatoms. The Kier molecular flexibility index (Phi) is 7.94. The maximum absolute atomic E-state index is 12.6. The van der Waals surface area contributed by atoms with Gasteiger partial charge in [0.25, 0.3) is 0 Å². The number of allylic oxidation sites excluding steroid dienone is 2. The van der Waals surface area contributed by atoms with Gasteiger partial charge in [-0.2, -0.15) is 0 Å². The van der Waals surface area contributed by atoms with Crippen molar-refractivity contribution < 1.29 is 9.59 Å². The van der Waals surface area contributed by atoms with Crippen LogP contribution in [0.25, 0.3) is 0 Å². The van der Waals surface area contributed by atoms with Crippen molar-refractivity contribution in [2.45, 2.75) is 32.6 Å². The van der Waals surface area contributed by atoms with Crippen LogP contribution in [0.15, 0.2) is 30.0 Å². The van der Waals surface area contributed by atoms with Crippen LogP contribution in [-0.2, 0) is 9.59 Å². The van der Waals surface area contributed by atoms with Gasteiger partial charge in [-0.05, 0) is 44.9 Å². The Hall–Kier alpha value is -1.56. The van der Waals surface area contributed by atoms with Gasteiger partial charge < -0.3 is 10.2 Å². The summed E-state index contributed by atoms with van der Waals surface area (Å²) in [7, 11) is 1.75. The number of para-hydroxylation sites is 1. The Labute approximate surface area is 164 Å². The summed E-state index contributed by atoms with van der Waals surface area (Å²) >= 11 is 12.1. The number of hydrogen-bond donors (Lipinski definition) is 1. The number of nitrogens with zero attached hydrogens (tertiary/aromatic N) is 2. The molecule has 1 aliphatic rings. The molecule has 0 heterocycles. The fourth-order valence-corrected chi connectivity index (χ4v) is 3.46. The molecule has 0 unspecified atom stereocenters. The van der Waals surface area contributed by atoms with Gasteiger partial charge in [0.1, 0.15) is 0 Å². The summed E-state index contributed by atoms with van der Waals surface area (Å²) in [5, 5.41) is 3.47. The van der Waals surface area contributed by atoms with Gasteiger partial charge in [-0.1, -0.05) is 42.3 Å². The lowest BCUT2D eigenvalue weighted by Crippen LogP contribution is -2.41. The molecular weight excluding hydrogens is 373 g/mol. The van der Waals surface area contributed by atoms with E-state index in [-0.39, 0.29) is 24.9 Å². The van der Waals surface area contributed by atoms with E-state index < -0.39 is 0 Å². The predicted octanol–water partition coefficient (Wildman–Crippen LogP) is 4.17. The van der Waals surface area contributed by atoms with Crippen LogP contribution in [0, 0.1) is 0 Å². The minimum atomic E-state index is -0.266. The monoisotopic (exact) mass is 397 g/mol. The van der Waals surface area contributed by atoms with Crippen LogP contribution in [0.1, 0.15) is 32.6 Å². The molecule has 2 rings (SSSR count). The van der Waals surface area contributed by atoms with E-state index >= 15 is 0 Å². The number of carbonyl (C=O) groups is 2. The summed E-state index contributed by atoms with van der Waals surface area (Å²) in [5.41, 5.74) is 1.50. The lowest BCUT2D eigenvalue weighted by atomic mass is 10.2. The lowest BCUT2D eigenvalue weighted by molar-refractivity contribution is -0.130. The number of anilines is 1. The highest BCUT2D eigenvalue weighted by molar-refractivity contribution is 6.39. The molecule has 5 nitrogen and oxygen atoms in total. The van der Waals surface area contributed by atoms with Gasteiger partial charge in [-0.15, -0.1) is 0 Å². The molecule has 1 aromatic carbocycles. The lowest BCUT2D eigenvalue weighted by Gasteiger charge is -2.26. The highest BCUT2D eigenvalue weighted by Gasteiger charge is 2.21. The Morgan fingerprint density at radius 1 is 1.19 bits per heavy atom. The van der Waals surface area contributed by atoms with E-state index in [1.165, 1.54) is 0 Å². The Morgan fingerprint density at radius 3 is 2.46 bits per heavy atom. The molecule has 1 aromatic rings. The highest BCUT2D eigenvalue weighted by atomic mass is 35.5. The predicted molar refractivity (Wildman–Crippen MR) is 107 cm³/mol. The first-order valence-electron chi connectivity index (χ1n) is 8.84. The second-order valence-corrected chi connectivity index (χ2v) is 7.26. The third-order valence-corrected chi connectivity index (χ3v) is 4.79. The number of carbonyl (C=O) groups excluding carboxylic acids is 2. The van der Waals surface area contributed by atoms with Crippen LogP contribution in [0.2, 0.25) is 10.0 Å². The standard InChI is InChI=1S/C19H25Cl2N3O2/c1-3-11-24(14-7-4-5-8-14)18(26)13-23(2)12-17(25)22-19-15(20)9-6-10-16(19)21/h6-7,9-10H,3-5,8,11-13H2,1-2H3,(H,22,25). The molecule has 0 saturated heterocycles. The van der Waals surface area contributed by atoms with Crippen molar-refractivity contribution in [3.8, 4) is 0 Å². The molecule has 0 bridgehead atoms. The minimum absolute atomic E-state index is 0.0195. The molecule has 0 radical (unpaired) electrons. The van der Waals surface area contributed by atoms with Crippen LogP contribution in [0.4, 0.5) is 5.69 Å². The summed E-state index contributed by atoms with van der Waals surface area (Å²) in [6.45, 7) is 3.02. The number of hydrogen-bond acceptors (Lipinski definition) is 3. The number of rotatable bonds is 8. The van der Waals surface area contributed by atoms with E-state index in [1.54, 1.807) is 30.1 Å². The molecule has 0 fully saturated rings. The maximum atomic E-state index is 12.6. The molecule has 1 N–H and O–H groups in total. The first-order chi connectivity index (χ1) is 12.4. The van der Waals surface area contributed by atoms with Gasteiger partial charge in [-0.25, -0.2) is 0 Å². The SMILES string of the molecule is CCCN(C(=O)CN(C)CC(=O)Nc1c(Cl)cccc1Cl)C1=CCCC1. The number of nitrogens with one attached hydrogen (secondary N) is 1. The quantitative estimate of drug-likeness (QED) is 0.715. The van der Waals surface area contributed by atoms with E-state index in [1.807, 2.05) is 4.90 Å². The molecular formula is C19H25Cl2N3O2. The van der Waals surface area contributed by atoms with Crippen molar-refractivity contribution in [1.82, 2.24) is 9.80 Å². The smallest absolute Gasteiger partial charge is 0.240 e. The normalized spacial score (nSPS) is 13.7. The molecule has 1 aliphatic carbocycles. The van der Waals surface area contributed by atoms with Crippen molar-refractivity contribution >= 4 is 40.7 Å². The van der Waals surface area contributed by atoms with Crippen molar-refractivity contribution in [1.29, 1.82) is 0 Å². The zero-order valence-corrected chi connectivity index (χ0v) is 16.7. The number of likely N-dealkylation sites (N-methyl/N-ethyl adjacent to an activating group) is 1. The average Bonchev–Trinajstić information content (AvgIpc) is 3.10. The van der Waals surface area contributed by atoms with Crippen molar-refractivity contribution in [2.24, 2.45) is 0 Å². The van der Waals surface area contributed by atoms with Crippen molar-refractivity contribution in [3.05, 3.63) is 40.0 Å². The fourth-order valence-electron chi connectivity index (χ4n) is 2.96. The van der Waals surface area contributed by atoms with E-state index in [9.17, 15) is 9.59 Å². The van der Waals surface area contributed by atoms with E-state index in [0.29, 0.717) is 22.3 Å². The largest absolute Gasteiger partial charge is 0.322 e. The molecule has 142 valence electrons. The van der Waals surface area contributed by atoms with Crippen LogP contribution < -0.4 is 5.32 Å². The van der Waals surface area contributed by atoms with Crippen LogP contribution in [-0.4, -0.2) is 48.3 Å². The van der Waals surface area contributed by atoms with Crippen molar-refractivity contribution in [3.63, 3.8) is 0 Å². The molecule has 0 aromatic heterocycles. The van der Waals surface area contributed by atoms with Gasteiger partial charge >= 0.3 is 0 Å². The average molecular weight is 398 g/mol. The van der Waals surface area contributed by atoms with E-state index in [2.05, 4.69) is 18.3 Å². The van der Waals surface area contributed by atoms with E-state index in [0.717, 1.165) is 31.4 Å². The molecule has 2 amide bonds. The van der Waals surface area contributed by atoms with Gasteiger partial charge in [0.2, 0.25) is 11.8 Å². The first-order valence-corrected chi connectivity index (χ1v) is 9.59. The molecule has 0 aliphatic heterocycles. The van der Waals surface area contributed by atoms with Crippen LogP contribution in [0.3, 0.4) is 0 Å². The number of benzene rings is 1. The Balaban J connectivity index is 1.91. The number of amides is 2. The molecule has 26 heavy (non-hydrogen) atoms. The molecule has 0 atom stereocenters. The van der Waals surface area contributed by atoms with Crippen LogP contribution in [0.5, 0.6) is 0 Å². The summed E-state index contributed by atoms with van der Waals surface area (Å²) in [6, 6.07) is 5.04. The first kappa shape index (κ1) is 20.7. The van der Waals surface area contributed by atoms with Gasteiger partial charge in [-0.3, -0.25) is 14.5 Å². The fraction of sp³-hybridized carbons (Fsp3) is 0.474. The summed E-state index contributed by atoms with van der Waals surface area (Å²) in [6.07, 6.45) is 6.11. The zero-order chi connectivity index (χ0) is 19.1. The maximum Gasteiger partial charge on any atom is 0.240 e. The Morgan fingerprint density at radius 2 is 1.88 bits per heavy atom. The molecule has 0 saturated carbocycles. The second-order valence-electron chi connectivity index (χ2n) is 6.45. The Bertz CT molecular complexity index is 671.